The van der Waals surface area contributed by atoms with E-state index < -0.39 is 0 Å². The number of aromatic nitrogens is 2. The molecule has 0 atom stereocenters. The van der Waals surface area contributed by atoms with Crippen LogP contribution in [-0.4, -0.2) is 9.13 Å². The highest BCUT2D eigenvalue weighted by Crippen LogP contribution is 2.42. The Labute approximate surface area is 251 Å². The smallest absolute Gasteiger partial charge is 0.0635 e. The molecule has 2 heterocycles. The minimum absolute atomic E-state index is 1.13. The first kappa shape index (κ1) is 25.2. The molecule has 0 aliphatic carbocycles. The second kappa shape index (κ2) is 10.1. The molecule has 0 unspecified atom stereocenters. The van der Waals surface area contributed by atoms with Crippen molar-refractivity contribution in [2.45, 2.75) is 13.8 Å². The van der Waals surface area contributed by atoms with Gasteiger partial charge in [-0.05, 0) is 92.7 Å². The van der Waals surface area contributed by atoms with Gasteiger partial charge in [-0.25, -0.2) is 0 Å². The average molecular weight is 554 g/mol. The van der Waals surface area contributed by atoms with Crippen LogP contribution in [0.25, 0.3) is 44.1 Å². The molecule has 2 aromatic heterocycles. The Morgan fingerprint density at radius 3 is 1.63 bits per heavy atom. The summed E-state index contributed by atoms with van der Waals surface area (Å²) in [6.45, 7) is 4.27. The highest BCUT2D eigenvalue weighted by atomic mass is 15.1. The topological polar surface area (TPSA) is 13.1 Å². The molecule has 0 bridgehead atoms. The summed E-state index contributed by atoms with van der Waals surface area (Å²) in [4.78, 5) is 2.36. The van der Waals surface area contributed by atoms with Crippen molar-refractivity contribution < 1.29 is 0 Å². The largest absolute Gasteiger partial charge is 0.316 e. The molecule has 0 amide bonds. The van der Waals surface area contributed by atoms with E-state index in [-0.39, 0.29) is 0 Å². The monoisotopic (exact) mass is 553 g/mol. The summed E-state index contributed by atoms with van der Waals surface area (Å²) in [7, 11) is 0. The maximum atomic E-state index is 2.42. The molecule has 0 aliphatic rings. The molecular weight excluding hydrogens is 522 g/mol. The maximum absolute atomic E-state index is 2.42. The predicted molar refractivity (Wildman–Crippen MR) is 182 cm³/mol. The van der Waals surface area contributed by atoms with Crippen LogP contribution in [0.2, 0.25) is 0 Å². The molecule has 8 aromatic rings. The first-order valence-corrected chi connectivity index (χ1v) is 14.8. The van der Waals surface area contributed by atoms with Gasteiger partial charge in [0.15, 0.2) is 0 Å². The van der Waals surface area contributed by atoms with Crippen molar-refractivity contribution in [2.24, 2.45) is 0 Å². The van der Waals surface area contributed by atoms with Crippen LogP contribution in [0, 0.1) is 13.8 Å². The second-order valence-corrected chi connectivity index (χ2v) is 11.3. The summed E-state index contributed by atoms with van der Waals surface area (Å²) in [5, 5.41) is 3.71. The maximum Gasteiger partial charge on any atom is 0.0635 e. The Bertz CT molecular complexity index is 2180. The van der Waals surface area contributed by atoms with E-state index in [1.165, 1.54) is 43.8 Å². The number of para-hydroxylation sites is 2. The van der Waals surface area contributed by atoms with Gasteiger partial charge >= 0.3 is 0 Å². The van der Waals surface area contributed by atoms with Gasteiger partial charge in [-0.2, -0.15) is 0 Å². The lowest BCUT2D eigenvalue weighted by molar-refractivity contribution is 1.13. The number of rotatable bonds is 5. The van der Waals surface area contributed by atoms with Gasteiger partial charge in [0.2, 0.25) is 0 Å². The van der Waals surface area contributed by atoms with E-state index in [9.17, 15) is 0 Å². The lowest BCUT2D eigenvalue weighted by atomic mass is 10.1. The van der Waals surface area contributed by atoms with Crippen molar-refractivity contribution in [2.75, 3.05) is 4.90 Å². The summed E-state index contributed by atoms with van der Waals surface area (Å²) in [5.41, 5.74) is 11.8. The molecule has 0 N–H and O–H groups in total. The standard InChI is InChI=1S/C40H31N3/c1-28-13-17-32(18-14-28)42(33-19-15-29(2)16-20-33)34-21-23-39-37(27-34)35-22-24-38-36(25-26-41(38)30-9-5-3-6-10-30)40(35)43(39)31-11-7-4-8-12-31/h3-27H,1-2H3. The van der Waals surface area contributed by atoms with Gasteiger partial charge in [-0.3, -0.25) is 0 Å². The number of fused-ring (bicyclic) bond motifs is 5. The number of nitrogens with zero attached hydrogens (tertiary/aromatic N) is 3. The van der Waals surface area contributed by atoms with Crippen molar-refractivity contribution in [3.8, 4) is 11.4 Å². The van der Waals surface area contributed by atoms with E-state index in [1.54, 1.807) is 0 Å². The first-order valence-electron chi connectivity index (χ1n) is 14.8. The second-order valence-electron chi connectivity index (χ2n) is 11.3. The van der Waals surface area contributed by atoms with E-state index in [0.29, 0.717) is 0 Å². The molecule has 3 heteroatoms. The fourth-order valence-corrected chi connectivity index (χ4v) is 6.35. The Morgan fingerprint density at radius 2 is 1.00 bits per heavy atom. The van der Waals surface area contributed by atoms with E-state index in [4.69, 9.17) is 0 Å². The summed E-state index contributed by atoms with van der Waals surface area (Å²) in [6.07, 6.45) is 2.19. The highest BCUT2D eigenvalue weighted by Gasteiger charge is 2.19. The van der Waals surface area contributed by atoms with Gasteiger partial charge in [-0.15, -0.1) is 0 Å². The van der Waals surface area contributed by atoms with Crippen LogP contribution in [-0.2, 0) is 0 Å². The molecule has 8 rings (SSSR count). The zero-order chi connectivity index (χ0) is 28.9. The number of aryl methyl sites for hydroxylation is 2. The summed E-state index contributed by atoms with van der Waals surface area (Å²) < 4.78 is 4.71. The predicted octanol–water partition coefficient (Wildman–Crippen LogP) is 10.8. The molecule has 6 aromatic carbocycles. The molecular formula is C40H31N3. The third-order valence-corrected chi connectivity index (χ3v) is 8.47. The molecule has 0 aliphatic heterocycles. The molecule has 3 nitrogen and oxygen atoms in total. The summed E-state index contributed by atoms with van der Waals surface area (Å²) >= 11 is 0. The van der Waals surface area contributed by atoms with Crippen LogP contribution in [0.3, 0.4) is 0 Å². The third-order valence-electron chi connectivity index (χ3n) is 8.47. The minimum atomic E-state index is 1.13. The Kier molecular flexibility index (Phi) is 5.90. The van der Waals surface area contributed by atoms with E-state index >= 15 is 0 Å². The molecule has 0 saturated heterocycles. The lowest BCUT2D eigenvalue weighted by Gasteiger charge is -2.26. The van der Waals surface area contributed by atoms with Gasteiger partial charge in [0.25, 0.3) is 0 Å². The van der Waals surface area contributed by atoms with Crippen LogP contribution in [0.5, 0.6) is 0 Å². The highest BCUT2D eigenvalue weighted by molar-refractivity contribution is 6.19. The van der Waals surface area contributed by atoms with Gasteiger partial charge in [0.05, 0.1) is 16.6 Å². The van der Waals surface area contributed by atoms with Gasteiger partial charge in [0, 0.05) is 50.8 Å². The van der Waals surface area contributed by atoms with Crippen LogP contribution in [0.1, 0.15) is 11.1 Å². The van der Waals surface area contributed by atoms with Crippen molar-refractivity contribution in [1.82, 2.24) is 9.13 Å². The number of hydrogen-bond acceptors (Lipinski definition) is 1. The zero-order valence-electron chi connectivity index (χ0n) is 24.3. The van der Waals surface area contributed by atoms with Gasteiger partial charge in [-0.1, -0.05) is 77.9 Å². The molecule has 206 valence electrons. The summed E-state index contributed by atoms with van der Waals surface area (Å²) in [5.74, 6) is 0. The van der Waals surface area contributed by atoms with Crippen molar-refractivity contribution in [3.05, 3.63) is 163 Å². The molecule has 0 spiro atoms. The zero-order valence-corrected chi connectivity index (χ0v) is 24.3. The Balaban J connectivity index is 1.41. The van der Waals surface area contributed by atoms with Crippen molar-refractivity contribution in [3.63, 3.8) is 0 Å². The minimum Gasteiger partial charge on any atom is -0.316 e. The van der Waals surface area contributed by atoms with Crippen molar-refractivity contribution >= 4 is 49.8 Å². The SMILES string of the molecule is Cc1ccc(N(c2ccc(C)cc2)c2ccc3c(c2)c2ccc4c(ccn4-c4ccccc4)c2n3-c2ccccc2)cc1. The van der Waals surface area contributed by atoms with Gasteiger partial charge < -0.3 is 14.0 Å². The number of benzene rings is 6. The van der Waals surface area contributed by atoms with Gasteiger partial charge in [0.1, 0.15) is 0 Å². The molecule has 0 radical (unpaired) electrons. The quantitative estimate of drug-likeness (QED) is 0.207. The van der Waals surface area contributed by atoms with Crippen LogP contribution in [0.4, 0.5) is 17.1 Å². The first-order chi connectivity index (χ1) is 21.2. The number of anilines is 3. The van der Waals surface area contributed by atoms with E-state index in [1.807, 2.05) is 0 Å². The third kappa shape index (κ3) is 4.21. The molecule has 43 heavy (non-hydrogen) atoms. The van der Waals surface area contributed by atoms with Crippen LogP contribution in [0.15, 0.2) is 152 Å². The van der Waals surface area contributed by atoms with E-state index in [0.717, 1.165) is 28.4 Å². The number of hydrogen-bond donors (Lipinski definition) is 0. The van der Waals surface area contributed by atoms with Crippen LogP contribution >= 0.6 is 0 Å². The van der Waals surface area contributed by atoms with Crippen molar-refractivity contribution in [1.29, 1.82) is 0 Å². The Hall–Kier alpha value is -5.54. The van der Waals surface area contributed by atoms with E-state index in [2.05, 4.69) is 180 Å². The van der Waals surface area contributed by atoms with Crippen LogP contribution < -0.4 is 4.90 Å². The summed E-state index contributed by atoms with van der Waals surface area (Å²) in [6, 6.07) is 52.6. The molecule has 0 saturated carbocycles. The molecule has 0 fully saturated rings. The Morgan fingerprint density at radius 1 is 0.442 bits per heavy atom. The average Bonchev–Trinajstić information content (AvgIpc) is 3.63. The fourth-order valence-electron chi connectivity index (χ4n) is 6.35. The fraction of sp³-hybridized carbons (Fsp3) is 0.0500. The lowest BCUT2D eigenvalue weighted by Crippen LogP contribution is -2.09. The normalized spacial score (nSPS) is 11.5.